The van der Waals surface area contributed by atoms with Crippen molar-refractivity contribution in [3.63, 3.8) is 0 Å². The van der Waals surface area contributed by atoms with Gasteiger partial charge in [0.1, 0.15) is 11.5 Å². The van der Waals surface area contributed by atoms with Gasteiger partial charge in [-0.1, -0.05) is 11.6 Å². The standard InChI is InChI=1S/C17H23ClN2O3/c1-22-15-9-16(23-2)14(8-13(15)18)20-17(21)7-10-5-11-3-4-12(6-10)19-11/h8-12,19H,3-7H2,1-2H3,(H,20,21). The Morgan fingerprint density at radius 2 is 1.87 bits per heavy atom. The van der Waals surface area contributed by atoms with E-state index >= 15 is 0 Å². The third kappa shape index (κ3) is 3.72. The highest BCUT2D eigenvalue weighted by Crippen LogP contribution is 2.37. The molecule has 2 bridgehead atoms. The van der Waals surface area contributed by atoms with Gasteiger partial charge >= 0.3 is 0 Å². The molecular weight excluding hydrogens is 316 g/mol. The molecule has 3 rings (SSSR count). The molecular formula is C17H23ClN2O3. The maximum atomic E-state index is 12.4. The predicted octanol–water partition coefficient (Wildman–Crippen LogP) is 3.22. The highest BCUT2D eigenvalue weighted by molar-refractivity contribution is 6.32. The molecule has 0 radical (unpaired) electrons. The van der Waals surface area contributed by atoms with Crippen molar-refractivity contribution in [1.82, 2.24) is 5.32 Å². The van der Waals surface area contributed by atoms with Gasteiger partial charge in [-0.3, -0.25) is 4.79 Å². The van der Waals surface area contributed by atoms with E-state index in [4.69, 9.17) is 21.1 Å². The summed E-state index contributed by atoms with van der Waals surface area (Å²) in [5, 5.41) is 6.97. The van der Waals surface area contributed by atoms with Gasteiger partial charge in [0.15, 0.2) is 0 Å². The van der Waals surface area contributed by atoms with E-state index in [2.05, 4.69) is 10.6 Å². The van der Waals surface area contributed by atoms with Crippen LogP contribution in [0.3, 0.4) is 0 Å². The Morgan fingerprint density at radius 3 is 2.48 bits per heavy atom. The number of hydrogen-bond donors (Lipinski definition) is 2. The summed E-state index contributed by atoms with van der Waals surface area (Å²) >= 11 is 6.14. The van der Waals surface area contributed by atoms with E-state index in [9.17, 15) is 4.79 Å². The third-order valence-corrected chi connectivity index (χ3v) is 5.09. The van der Waals surface area contributed by atoms with Crippen LogP contribution in [-0.4, -0.2) is 32.2 Å². The molecule has 2 atom stereocenters. The second-order valence-electron chi connectivity index (χ2n) is 6.41. The molecule has 2 aliphatic heterocycles. The number of rotatable bonds is 5. The second kappa shape index (κ2) is 6.97. The number of anilines is 1. The Kier molecular flexibility index (Phi) is 4.97. The van der Waals surface area contributed by atoms with Crippen molar-refractivity contribution in [1.29, 1.82) is 0 Å². The lowest BCUT2D eigenvalue weighted by Gasteiger charge is -2.28. The third-order valence-electron chi connectivity index (χ3n) is 4.79. The van der Waals surface area contributed by atoms with Gasteiger partial charge in [0.2, 0.25) is 5.91 Å². The second-order valence-corrected chi connectivity index (χ2v) is 6.82. The highest BCUT2D eigenvalue weighted by atomic mass is 35.5. The molecule has 126 valence electrons. The van der Waals surface area contributed by atoms with Crippen molar-refractivity contribution in [2.24, 2.45) is 5.92 Å². The quantitative estimate of drug-likeness (QED) is 0.865. The SMILES string of the molecule is COc1cc(OC)c(NC(=O)CC2CC3CCC(C2)N3)cc1Cl. The molecule has 1 aromatic carbocycles. The Morgan fingerprint density at radius 1 is 1.22 bits per heavy atom. The van der Waals surface area contributed by atoms with E-state index in [1.54, 1.807) is 26.4 Å². The van der Waals surface area contributed by atoms with Crippen molar-refractivity contribution < 1.29 is 14.3 Å². The number of ether oxygens (including phenoxy) is 2. The average Bonchev–Trinajstić information content (AvgIpc) is 2.86. The fraction of sp³-hybridized carbons (Fsp3) is 0.588. The van der Waals surface area contributed by atoms with Crippen molar-refractivity contribution in [2.75, 3.05) is 19.5 Å². The molecule has 5 nitrogen and oxygen atoms in total. The van der Waals surface area contributed by atoms with Gasteiger partial charge in [0.05, 0.1) is 24.9 Å². The number of benzene rings is 1. The number of hydrogen-bond acceptors (Lipinski definition) is 4. The number of methoxy groups -OCH3 is 2. The van der Waals surface area contributed by atoms with Crippen LogP contribution >= 0.6 is 11.6 Å². The van der Waals surface area contributed by atoms with Gasteiger partial charge in [-0.15, -0.1) is 0 Å². The number of amides is 1. The number of carbonyl (C=O) groups excluding carboxylic acids is 1. The van der Waals surface area contributed by atoms with Gasteiger partial charge in [0, 0.05) is 24.6 Å². The smallest absolute Gasteiger partial charge is 0.224 e. The van der Waals surface area contributed by atoms with Crippen molar-refractivity contribution in [3.8, 4) is 11.5 Å². The molecule has 0 aromatic heterocycles. The molecule has 23 heavy (non-hydrogen) atoms. The zero-order chi connectivity index (χ0) is 16.4. The fourth-order valence-electron chi connectivity index (χ4n) is 3.76. The Labute approximate surface area is 141 Å². The van der Waals surface area contributed by atoms with Crippen molar-refractivity contribution >= 4 is 23.2 Å². The van der Waals surface area contributed by atoms with E-state index < -0.39 is 0 Å². The summed E-state index contributed by atoms with van der Waals surface area (Å²) in [5.74, 6) is 1.53. The molecule has 2 heterocycles. The van der Waals surface area contributed by atoms with E-state index in [0.29, 0.717) is 46.6 Å². The van der Waals surface area contributed by atoms with E-state index in [-0.39, 0.29) is 5.91 Å². The minimum Gasteiger partial charge on any atom is -0.495 e. The van der Waals surface area contributed by atoms with Crippen LogP contribution in [0, 0.1) is 5.92 Å². The first-order valence-corrected chi connectivity index (χ1v) is 8.44. The van der Waals surface area contributed by atoms with Crippen molar-refractivity contribution in [3.05, 3.63) is 17.2 Å². The first kappa shape index (κ1) is 16.4. The predicted molar refractivity (Wildman–Crippen MR) is 90.5 cm³/mol. The van der Waals surface area contributed by atoms with Crippen molar-refractivity contribution in [2.45, 2.75) is 44.2 Å². The zero-order valence-electron chi connectivity index (χ0n) is 13.5. The minimum atomic E-state index is 0.0100. The van der Waals surface area contributed by atoms with Gasteiger partial charge in [0.25, 0.3) is 0 Å². The van der Waals surface area contributed by atoms with Crippen LogP contribution in [0.4, 0.5) is 5.69 Å². The van der Waals surface area contributed by atoms with Gasteiger partial charge in [-0.25, -0.2) is 0 Å². The first-order chi connectivity index (χ1) is 11.1. The largest absolute Gasteiger partial charge is 0.495 e. The number of piperidine rings is 1. The molecule has 2 unspecified atom stereocenters. The monoisotopic (exact) mass is 338 g/mol. The minimum absolute atomic E-state index is 0.0100. The number of halogens is 1. The maximum absolute atomic E-state index is 12.4. The summed E-state index contributed by atoms with van der Waals surface area (Å²) in [6, 6.07) is 4.54. The van der Waals surface area contributed by atoms with Crippen LogP contribution in [0.25, 0.3) is 0 Å². The summed E-state index contributed by atoms with van der Waals surface area (Å²) in [6.07, 6.45) is 5.20. The Balaban J connectivity index is 1.64. The summed E-state index contributed by atoms with van der Waals surface area (Å²) in [6.45, 7) is 0. The summed E-state index contributed by atoms with van der Waals surface area (Å²) in [7, 11) is 3.10. The first-order valence-electron chi connectivity index (χ1n) is 8.06. The van der Waals surface area contributed by atoms with Crippen LogP contribution < -0.4 is 20.1 Å². The topological polar surface area (TPSA) is 59.6 Å². The molecule has 0 aliphatic carbocycles. The summed E-state index contributed by atoms with van der Waals surface area (Å²) in [4.78, 5) is 12.4. The molecule has 2 N–H and O–H groups in total. The molecule has 2 aliphatic rings. The lowest BCUT2D eigenvalue weighted by atomic mass is 9.89. The lowest BCUT2D eigenvalue weighted by Crippen LogP contribution is -2.39. The molecule has 1 aromatic rings. The molecule has 1 amide bonds. The molecule has 2 fully saturated rings. The van der Waals surface area contributed by atoms with Gasteiger partial charge in [-0.05, 0) is 37.7 Å². The lowest BCUT2D eigenvalue weighted by molar-refractivity contribution is -0.117. The van der Waals surface area contributed by atoms with E-state index in [0.717, 1.165) is 12.8 Å². The number of fused-ring (bicyclic) bond motifs is 2. The fourth-order valence-corrected chi connectivity index (χ4v) is 4.00. The molecule has 0 spiro atoms. The maximum Gasteiger partial charge on any atom is 0.224 e. The molecule has 2 saturated heterocycles. The Bertz CT molecular complexity index is 581. The van der Waals surface area contributed by atoms with Gasteiger partial charge in [-0.2, -0.15) is 0 Å². The van der Waals surface area contributed by atoms with Crippen LogP contribution in [0.5, 0.6) is 11.5 Å². The van der Waals surface area contributed by atoms with Crippen LogP contribution in [-0.2, 0) is 4.79 Å². The summed E-state index contributed by atoms with van der Waals surface area (Å²) in [5.41, 5.74) is 0.584. The Hall–Kier alpha value is -1.46. The summed E-state index contributed by atoms with van der Waals surface area (Å²) < 4.78 is 10.5. The van der Waals surface area contributed by atoms with Gasteiger partial charge < -0.3 is 20.1 Å². The molecule has 0 saturated carbocycles. The number of nitrogens with one attached hydrogen (secondary N) is 2. The highest BCUT2D eigenvalue weighted by Gasteiger charge is 2.34. The number of carbonyl (C=O) groups is 1. The van der Waals surface area contributed by atoms with Crippen LogP contribution in [0.1, 0.15) is 32.1 Å². The average molecular weight is 339 g/mol. The molecule has 6 heteroatoms. The van der Waals surface area contributed by atoms with E-state index in [1.807, 2.05) is 0 Å². The van der Waals surface area contributed by atoms with E-state index in [1.165, 1.54) is 12.8 Å². The van der Waals surface area contributed by atoms with Crippen LogP contribution in [0.15, 0.2) is 12.1 Å². The van der Waals surface area contributed by atoms with Crippen LogP contribution in [0.2, 0.25) is 5.02 Å². The zero-order valence-corrected chi connectivity index (χ0v) is 14.3. The normalized spacial score (nSPS) is 26.0.